The van der Waals surface area contributed by atoms with Crippen molar-refractivity contribution in [2.75, 3.05) is 11.9 Å². The molecular weight excluding hydrogens is 389 g/mol. The first-order valence-corrected chi connectivity index (χ1v) is 7.92. The summed E-state index contributed by atoms with van der Waals surface area (Å²) in [6.45, 7) is 2.18. The summed E-state index contributed by atoms with van der Waals surface area (Å²) in [5.41, 5.74) is 0.641. The average molecular weight is 406 g/mol. The topological polar surface area (TPSA) is 127 Å². The lowest BCUT2D eigenvalue weighted by Gasteiger charge is -2.09. The van der Waals surface area contributed by atoms with Gasteiger partial charge in [-0.3, -0.25) is 24.0 Å². The Hall–Kier alpha value is -2.45. The maximum absolute atomic E-state index is 11.4. The highest BCUT2D eigenvalue weighted by molar-refractivity contribution is 6.63. The van der Waals surface area contributed by atoms with Crippen LogP contribution in [0, 0.1) is 0 Å². The van der Waals surface area contributed by atoms with Crippen LogP contribution in [0.15, 0.2) is 18.2 Å². The number of carboxylic acids is 1. The summed E-state index contributed by atoms with van der Waals surface area (Å²) in [5.74, 6) is -2.29. The van der Waals surface area contributed by atoms with Crippen LogP contribution in [0.4, 0.5) is 5.69 Å². The lowest BCUT2D eigenvalue weighted by Crippen LogP contribution is -2.21. The van der Waals surface area contributed by atoms with E-state index < -0.39 is 29.7 Å². The first-order valence-electron chi connectivity index (χ1n) is 7.16. The maximum atomic E-state index is 11.4. The number of carboxylic acid groups (broad SMARTS) is 1. The van der Waals surface area contributed by atoms with Gasteiger partial charge in [0.25, 0.3) is 5.91 Å². The van der Waals surface area contributed by atoms with Gasteiger partial charge in [-0.05, 0) is 36.7 Å². The van der Waals surface area contributed by atoms with Crippen molar-refractivity contribution in [3.63, 3.8) is 0 Å². The number of rotatable bonds is 7. The van der Waals surface area contributed by atoms with Gasteiger partial charge in [0, 0.05) is 23.9 Å². The number of amides is 1. The number of halogens is 2. The van der Waals surface area contributed by atoms with Gasteiger partial charge >= 0.3 is 11.9 Å². The third-order valence-electron chi connectivity index (χ3n) is 2.58. The second-order valence-corrected chi connectivity index (χ2v) is 5.68. The Kier molecular flexibility index (Phi) is 10.9. The minimum Gasteiger partial charge on any atom is -0.481 e. The van der Waals surface area contributed by atoms with Crippen LogP contribution in [0.1, 0.15) is 37.0 Å². The Bertz CT molecular complexity index is 690. The number of aliphatic carboxylic acids is 1. The summed E-state index contributed by atoms with van der Waals surface area (Å²) >= 11 is 10.6. The van der Waals surface area contributed by atoms with E-state index in [4.69, 9.17) is 28.3 Å². The van der Waals surface area contributed by atoms with Crippen molar-refractivity contribution in [2.24, 2.45) is 0 Å². The van der Waals surface area contributed by atoms with Crippen LogP contribution in [0.5, 0.6) is 0 Å². The highest BCUT2D eigenvalue weighted by atomic mass is 35.5. The first-order chi connectivity index (χ1) is 12.0. The quantitative estimate of drug-likeness (QED) is 0.405. The molecule has 0 aliphatic rings. The molecule has 8 nitrogen and oxygen atoms in total. The molecule has 0 unspecified atom stereocenters. The van der Waals surface area contributed by atoms with Crippen LogP contribution >= 0.6 is 23.2 Å². The van der Waals surface area contributed by atoms with E-state index in [2.05, 4.69) is 10.1 Å². The van der Waals surface area contributed by atoms with E-state index in [-0.39, 0.29) is 18.6 Å². The molecule has 0 saturated carbocycles. The molecule has 0 aliphatic heterocycles. The molecule has 0 aromatic heterocycles. The van der Waals surface area contributed by atoms with Gasteiger partial charge in [0.2, 0.25) is 5.24 Å². The lowest BCUT2D eigenvalue weighted by molar-refractivity contribution is -0.145. The molecule has 0 bridgehead atoms. The van der Waals surface area contributed by atoms with Crippen molar-refractivity contribution in [2.45, 2.75) is 26.7 Å². The van der Waals surface area contributed by atoms with Crippen LogP contribution < -0.4 is 5.32 Å². The van der Waals surface area contributed by atoms with Crippen molar-refractivity contribution in [1.82, 2.24) is 0 Å². The molecule has 0 spiro atoms. The fourth-order valence-corrected chi connectivity index (χ4v) is 1.74. The van der Waals surface area contributed by atoms with Gasteiger partial charge in [-0.15, -0.1) is 0 Å². The molecule has 0 atom stereocenters. The van der Waals surface area contributed by atoms with E-state index >= 15 is 0 Å². The molecule has 0 heterocycles. The van der Waals surface area contributed by atoms with Crippen LogP contribution in [0.25, 0.3) is 0 Å². The SMILES string of the molecule is CC(=O)OCC(=O)Nc1ccc(Cl)cc1C(C)=O.O=C(O)CCC(=O)Cl. The number of esters is 1. The molecule has 1 rings (SSSR count). The summed E-state index contributed by atoms with van der Waals surface area (Å²) in [5, 5.41) is 10.2. The van der Waals surface area contributed by atoms with Gasteiger partial charge in [-0.1, -0.05) is 11.6 Å². The van der Waals surface area contributed by atoms with Crippen molar-refractivity contribution < 1.29 is 33.8 Å². The Morgan fingerprint density at radius 1 is 1.12 bits per heavy atom. The van der Waals surface area contributed by atoms with E-state index in [0.29, 0.717) is 16.3 Å². The number of nitrogens with one attached hydrogen (secondary N) is 1. The molecule has 1 aromatic rings. The van der Waals surface area contributed by atoms with Crippen LogP contribution in [-0.2, 0) is 23.9 Å². The Morgan fingerprint density at radius 3 is 2.15 bits per heavy atom. The van der Waals surface area contributed by atoms with E-state index in [1.54, 1.807) is 6.07 Å². The summed E-state index contributed by atoms with van der Waals surface area (Å²) < 4.78 is 4.54. The van der Waals surface area contributed by atoms with E-state index in [1.165, 1.54) is 26.0 Å². The smallest absolute Gasteiger partial charge is 0.303 e. The van der Waals surface area contributed by atoms with Gasteiger partial charge in [0.15, 0.2) is 12.4 Å². The molecule has 0 saturated heterocycles. The summed E-state index contributed by atoms with van der Waals surface area (Å²) in [7, 11) is 0. The minimum absolute atomic E-state index is 0.0864. The Morgan fingerprint density at radius 2 is 1.73 bits per heavy atom. The van der Waals surface area contributed by atoms with Crippen molar-refractivity contribution in [3.8, 4) is 0 Å². The molecule has 1 amide bonds. The van der Waals surface area contributed by atoms with E-state index in [9.17, 15) is 24.0 Å². The third kappa shape index (κ3) is 11.2. The average Bonchev–Trinajstić information content (AvgIpc) is 2.53. The normalized spacial score (nSPS) is 9.38. The molecular formula is C16H17Cl2NO7. The molecule has 10 heteroatoms. The number of hydrogen-bond donors (Lipinski definition) is 2. The number of carbonyl (C=O) groups is 5. The standard InChI is InChI=1S/C12H12ClNO4.C4H5ClO3/c1-7(15)10-5-9(13)3-4-11(10)14-12(17)6-18-8(2)16;5-3(6)1-2-4(7)8/h3-5H,6H2,1-2H3,(H,14,17);1-2H2,(H,7,8). The molecule has 0 aliphatic carbocycles. The number of anilines is 1. The van der Waals surface area contributed by atoms with Crippen molar-refractivity contribution in [1.29, 1.82) is 0 Å². The number of benzene rings is 1. The molecule has 142 valence electrons. The highest BCUT2D eigenvalue weighted by Crippen LogP contribution is 2.21. The lowest BCUT2D eigenvalue weighted by atomic mass is 10.1. The van der Waals surface area contributed by atoms with Crippen LogP contribution in [-0.4, -0.2) is 40.6 Å². The number of Topliss-reactive ketones (excluding diaryl/α,β-unsaturated/α-hetero) is 1. The predicted octanol–water partition coefficient (Wildman–Crippen LogP) is 2.66. The zero-order chi connectivity index (χ0) is 20.3. The number of ketones is 1. The largest absolute Gasteiger partial charge is 0.481 e. The monoisotopic (exact) mass is 405 g/mol. The second-order valence-electron chi connectivity index (χ2n) is 4.82. The molecule has 26 heavy (non-hydrogen) atoms. The zero-order valence-corrected chi connectivity index (χ0v) is 15.5. The minimum atomic E-state index is -1.00. The summed E-state index contributed by atoms with van der Waals surface area (Å²) in [6, 6.07) is 4.53. The van der Waals surface area contributed by atoms with E-state index in [1.807, 2.05) is 0 Å². The van der Waals surface area contributed by atoms with Gasteiger partial charge in [0.1, 0.15) is 0 Å². The zero-order valence-electron chi connectivity index (χ0n) is 14.0. The predicted molar refractivity (Wildman–Crippen MR) is 94.4 cm³/mol. The Balaban J connectivity index is 0.000000660. The van der Waals surface area contributed by atoms with E-state index in [0.717, 1.165) is 0 Å². The Labute approximate surface area is 159 Å². The van der Waals surface area contributed by atoms with Gasteiger partial charge in [-0.2, -0.15) is 0 Å². The van der Waals surface area contributed by atoms with Crippen molar-refractivity contribution >= 4 is 57.8 Å². The van der Waals surface area contributed by atoms with Gasteiger partial charge in [-0.25, -0.2) is 0 Å². The number of carbonyl (C=O) groups excluding carboxylic acids is 4. The van der Waals surface area contributed by atoms with Crippen LogP contribution in [0.2, 0.25) is 5.02 Å². The maximum Gasteiger partial charge on any atom is 0.303 e. The summed E-state index contributed by atoms with van der Waals surface area (Å²) in [4.78, 5) is 52.9. The molecule has 0 fully saturated rings. The fraction of sp³-hybridized carbons (Fsp3) is 0.312. The molecule has 0 radical (unpaired) electrons. The third-order valence-corrected chi connectivity index (χ3v) is 3.00. The van der Waals surface area contributed by atoms with Crippen LogP contribution in [0.3, 0.4) is 0 Å². The second kappa shape index (κ2) is 12.0. The first kappa shape index (κ1) is 23.5. The molecule has 1 aromatic carbocycles. The van der Waals surface area contributed by atoms with Crippen molar-refractivity contribution in [3.05, 3.63) is 28.8 Å². The summed E-state index contributed by atoms with van der Waals surface area (Å²) in [6.07, 6.45) is -0.265. The fourth-order valence-electron chi connectivity index (χ4n) is 1.48. The highest BCUT2D eigenvalue weighted by Gasteiger charge is 2.11. The van der Waals surface area contributed by atoms with Gasteiger partial charge in [0.05, 0.1) is 12.1 Å². The van der Waals surface area contributed by atoms with Gasteiger partial charge < -0.3 is 15.2 Å². The number of ether oxygens (including phenoxy) is 1. The molecule has 2 N–H and O–H groups in total. The number of hydrogen-bond acceptors (Lipinski definition) is 6.